The molecule has 0 fully saturated rings. The number of Topliss-reactive ketones (excluding diaryl/α,β-unsaturated/α-hetero) is 1. The number of nitrogens with zero attached hydrogens (tertiary/aromatic N) is 3. The van der Waals surface area contributed by atoms with Crippen LogP contribution in [0.3, 0.4) is 0 Å². The van der Waals surface area contributed by atoms with Crippen LogP contribution < -0.4 is 4.80 Å². The highest BCUT2D eigenvalue weighted by molar-refractivity contribution is 7.07. The molecule has 62 valence electrons. The Bertz CT molecular complexity index is 382. The zero-order chi connectivity index (χ0) is 8.97. The second-order valence-electron chi connectivity index (χ2n) is 2.23. The zero-order valence-electron chi connectivity index (χ0n) is 6.52. The summed E-state index contributed by atoms with van der Waals surface area (Å²) in [4.78, 5) is 14.8. The van der Waals surface area contributed by atoms with Crippen LogP contribution >= 0.6 is 11.3 Å². The molecule has 1 rings (SSSR count). The third-order valence-electron chi connectivity index (χ3n) is 1.20. The van der Waals surface area contributed by atoms with Gasteiger partial charge in [0.2, 0.25) is 11.0 Å². The van der Waals surface area contributed by atoms with Gasteiger partial charge in [0.15, 0.2) is 0 Å². The van der Waals surface area contributed by atoms with Crippen LogP contribution in [0.25, 0.3) is 0 Å². The zero-order valence-corrected chi connectivity index (χ0v) is 7.34. The fourth-order valence-electron chi connectivity index (χ4n) is 0.790. The second-order valence-corrected chi connectivity index (χ2v) is 3.10. The van der Waals surface area contributed by atoms with Crippen molar-refractivity contribution < 1.29 is 4.79 Å². The Balaban J connectivity index is 3.02. The van der Waals surface area contributed by atoms with Crippen molar-refractivity contribution in [2.75, 3.05) is 0 Å². The number of hydrogen-bond acceptors (Lipinski definition) is 4. The largest absolute Gasteiger partial charge is 0.316 e. The maximum absolute atomic E-state index is 10.7. The molecule has 0 aromatic carbocycles. The molecule has 0 aliphatic rings. The van der Waals surface area contributed by atoms with Crippen molar-refractivity contribution in [3.63, 3.8) is 0 Å². The molecule has 0 radical (unpaired) electrons. The molecule has 0 saturated carbocycles. The van der Waals surface area contributed by atoms with Gasteiger partial charge in [-0.1, -0.05) is 0 Å². The van der Waals surface area contributed by atoms with Gasteiger partial charge in [0.1, 0.15) is 5.78 Å². The number of ketones is 1. The van der Waals surface area contributed by atoms with E-state index in [9.17, 15) is 4.79 Å². The molecule has 5 heteroatoms. The number of hydrogen-bond donors (Lipinski definition) is 0. The van der Waals surface area contributed by atoms with Gasteiger partial charge in [0.25, 0.3) is 0 Å². The normalized spacial score (nSPS) is 11.2. The highest BCUT2D eigenvalue weighted by Crippen LogP contribution is 1.90. The summed E-state index contributed by atoms with van der Waals surface area (Å²) in [5.41, 5.74) is 0. The molecule has 0 atom stereocenters. The molecular formula is C7H7N3OS. The number of carbonyl (C=O) groups excluding carboxylic acids is 1. The minimum Gasteiger partial charge on any atom is -0.316 e. The first-order chi connectivity index (χ1) is 5.74. The first-order valence-electron chi connectivity index (χ1n) is 3.30. The highest BCUT2D eigenvalue weighted by Gasteiger charge is 1.97. The Labute approximate surface area is 73.4 Å². The van der Waals surface area contributed by atoms with Crippen LogP contribution in [0.5, 0.6) is 0 Å². The summed E-state index contributed by atoms with van der Waals surface area (Å²) < 4.78 is 1.65. The molecule has 1 heterocycles. The van der Waals surface area contributed by atoms with Crippen LogP contribution in [0.2, 0.25) is 0 Å². The summed E-state index contributed by atoms with van der Waals surface area (Å²) in [5, 5.41) is 10.1. The number of nitriles is 1. The van der Waals surface area contributed by atoms with Crippen molar-refractivity contribution in [2.45, 2.75) is 13.5 Å². The molecule has 0 saturated heterocycles. The molecule has 0 bridgehead atoms. The molecule has 0 aliphatic carbocycles. The van der Waals surface area contributed by atoms with Gasteiger partial charge >= 0.3 is 0 Å². The lowest BCUT2D eigenvalue weighted by atomic mass is 10.4. The highest BCUT2D eigenvalue weighted by atomic mass is 32.1. The summed E-state index contributed by atoms with van der Waals surface area (Å²) in [6.45, 7) is 1.78. The summed E-state index contributed by atoms with van der Waals surface area (Å²) in [6, 6.07) is 0. The predicted molar refractivity (Wildman–Crippen MR) is 44.2 cm³/mol. The standard InChI is InChI=1S/C7H7N3OS/c1-6(11)4-10-2-3-12-7(10)9-5-8/h2-3H,4H2,1H3/b9-7+. The van der Waals surface area contributed by atoms with Gasteiger partial charge in [-0.25, -0.2) is 0 Å². The Morgan fingerprint density at radius 2 is 2.67 bits per heavy atom. The van der Waals surface area contributed by atoms with Crippen molar-refractivity contribution >= 4 is 17.1 Å². The van der Waals surface area contributed by atoms with Crippen LogP contribution in [-0.4, -0.2) is 10.4 Å². The quantitative estimate of drug-likeness (QED) is 0.624. The minimum atomic E-state index is 0.0489. The van der Waals surface area contributed by atoms with Gasteiger partial charge in [0, 0.05) is 11.6 Å². The molecule has 0 amide bonds. The smallest absolute Gasteiger partial charge is 0.208 e. The Morgan fingerprint density at radius 1 is 1.92 bits per heavy atom. The summed E-state index contributed by atoms with van der Waals surface area (Å²) in [7, 11) is 0. The van der Waals surface area contributed by atoms with Crippen LogP contribution in [0.4, 0.5) is 0 Å². The van der Waals surface area contributed by atoms with E-state index in [1.165, 1.54) is 18.3 Å². The SMILES string of the molecule is CC(=O)Cn1ccs/c1=N/C#N. The first kappa shape index (κ1) is 8.68. The van der Waals surface area contributed by atoms with Gasteiger partial charge in [-0.05, 0) is 6.92 Å². The van der Waals surface area contributed by atoms with E-state index in [0.29, 0.717) is 4.80 Å². The lowest BCUT2D eigenvalue weighted by Gasteiger charge is -1.95. The van der Waals surface area contributed by atoms with E-state index in [2.05, 4.69) is 4.99 Å². The number of rotatable bonds is 2. The summed E-state index contributed by atoms with van der Waals surface area (Å²) in [5.74, 6) is 0.0489. The molecular weight excluding hydrogens is 174 g/mol. The molecule has 1 aromatic heterocycles. The van der Waals surface area contributed by atoms with Crippen LogP contribution in [0.1, 0.15) is 6.92 Å². The minimum absolute atomic E-state index is 0.0489. The Morgan fingerprint density at radius 3 is 3.25 bits per heavy atom. The number of carbonyl (C=O) groups is 1. The van der Waals surface area contributed by atoms with Crippen LogP contribution in [0, 0.1) is 11.5 Å². The van der Waals surface area contributed by atoms with E-state index < -0.39 is 0 Å². The molecule has 0 spiro atoms. The maximum Gasteiger partial charge on any atom is 0.208 e. The van der Waals surface area contributed by atoms with Crippen molar-refractivity contribution in [3.05, 3.63) is 16.4 Å². The molecule has 0 unspecified atom stereocenters. The van der Waals surface area contributed by atoms with Gasteiger partial charge in [-0.3, -0.25) is 4.79 Å². The average Bonchev–Trinajstić information content (AvgIpc) is 2.37. The Hall–Kier alpha value is -1.41. The molecule has 4 nitrogen and oxygen atoms in total. The van der Waals surface area contributed by atoms with Crippen molar-refractivity contribution in [3.8, 4) is 6.19 Å². The van der Waals surface area contributed by atoms with Crippen molar-refractivity contribution in [1.82, 2.24) is 4.57 Å². The van der Waals surface area contributed by atoms with Crippen LogP contribution in [0.15, 0.2) is 16.6 Å². The molecule has 12 heavy (non-hydrogen) atoms. The lowest BCUT2D eigenvalue weighted by molar-refractivity contribution is -0.117. The number of aromatic nitrogens is 1. The van der Waals surface area contributed by atoms with E-state index in [1.807, 2.05) is 0 Å². The van der Waals surface area contributed by atoms with Gasteiger partial charge in [0.05, 0.1) is 6.54 Å². The topological polar surface area (TPSA) is 58.1 Å². The monoisotopic (exact) mass is 181 g/mol. The first-order valence-corrected chi connectivity index (χ1v) is 4.18. The van der Waals surface area contributed by atoms with Crippen molar-refractivity contribution in [1.29, 1.82) is 5.26 Å². The summed E-state index contributed by atoms with van der Waals surface area (Å²) in [6.07, 6.45) is 3.43. The van der Waals surface area contributed by atoms with Crippen LogP contribution in [-0.2, 0) is 11.3 Å². The van der Waals surface area contributed by atoms with Gasteiger partial charge in [-0.15, -0.1) is 16.3 Å². The molecule has 0 aliphatic heterocycles. The van der Waals surface area contributed by atoms with E-state index in [-0.39, 0.29) is 12.3 Å². The van der Waals surface area contributed by atoms with E-state index >= 15 is 0 Å². The van der Waals surface area contributed by atoms with Crippen molar-refractivity contribution in [2.24, 2.45) is 4.99 Å². The van der Waals surface area contributed by atoms with Gasteiger partial charge in [-0.2, -0.15) is 5.26 Å². The lowest BCUT2D eigenvalue weighted by Crippen LogP contribution is -2.17. The number of thiazole rings is 1. The Kier molecular flexibility index (Phi) is 2.77. The predicted octanol–water partition coefficient (Wildman–Crippen LogP) is 0.520. The third-order valence-corrected chi connectivity index (χ3v) is 1.99. The van der Waals surface area contributed by atoms with E-state index in [4.69, 9.17) is 5.26 Å². The fourth-order valence-corrected chi connectivity index (χ4v) is 1.47. The van der Waals surface area contributed by atoms with Gasteiger partial charge < -0.3 is 4.57 Å². The second kappa shape index (κ2) is 3.83. The summed E-state index contributed by atoms with van der Waals surface area (Å²) >= 11 is 1.34. The van der Waals surface area contributed by atoms with E-state index in [1.54, 1.807) is 22.3 Å². The average molecular weight is 181 g/mol. The van der Waals surface area contributed by atoms with E-state index in [0.717, 1.165) is 0 Å². The molecule has 1 aromatic rings. The maximum atomic E-state index is 10.7. The fraction of sp³-hybridized carbons (Fsp3) is 0.286. The third kappa shape index (κ3) is 2.04. The molecule has 0 N–H and O–H groups in total.